The summed E-state index contributed by atoms with van der Waals surface area (Å²) in [7, 11) is 0. The van der Waals surface area contributed by atoms with Crippen molar-refractivity contribution in [3.8, 4) is 11.8 Å². The normalized spacial score (nSPS) is 12.3. The summed E-state index contributed by atoms with van der Waals surface area (Å²) in [5.41, 5.74) is 0. The van der Waals surface area contributed by atoms with E-state index < -0.39 is 0 Å². The van der Waals surface area contributed by atoms with Gasteiger partial charge in [-0.15, -0.1) is 5.92 Å². The molecule has 0 N–H and O–H groups in total. The second kappa shape index (κ2) is 10.0. The first-order valence-electron chi connectivity index (χ1n) is 6.04. The minimum atomic E-state index is 0.316. The lowest BCUT2D eigenvalue weighted by atomic mass is 10.2. The maximum absolute atomic E-state index is 5.58. The van der Waals surface area contributed by atoms with Crippen LogP contribution in [0.15, 0.2) is 0 Å². The quantitative estimate of drug-likeness (QED) is 0.600. The third kappa shape index (κ3) is 8.47. The molecule has 1 atom stereocenters. The first-order valence-corrected chi connectivity index (χ1v) is 6.04. The van der Waals surface area contributed by atoms with Gasteiger partial charge in [-0.05, 0) is 26.4 Å². The van der Waals surface area contributed by atoms with Gasteiger partial charge in [0.2, 0.25) is 0 Å². The summed E-state index contributed by atoms with van der Waals surface area (Å²) in [5.74, 6) is 6.00. The van der Waals surface area contributed by atoms with E-state index in [-0.39, 0.29) is 0 Å². The summed E-state index contributed by atoms with van der Waals surface area (Å²) in [6.07, 6.45) is 2.32. The van der Waals surface area contributed by atoms with Crippen LogP contribution in [0.4, 0.5) is 0 Å². The summed E-state index contributed by atoms with van der Waals surface area (Å²) < 4.78 is 5.58. The van der Waals surface area contributed by atoms with E-state index in [9.17, 15) is 0 Å². The molecule has 0 bridgehead atoms. The molecule has 0 amide bonds. The Hall–Kier alpha value is -0.520. The van der Waals surface area contributed by atoms with Crippen LogP contribution < -0.4 is 0 Å². The average molecular weight is 211 g/mol. The zero-order chi connectivity index (χ0) is 11.5. The van der Waals surface area contributed by atoms with Crippen molar-refractivity contribution in [3.63, 3.8) is 0 Å². The van der Waals surface area contributed by atoms with Gasteiger partial charge in [-0.1, -0.05) is 26.7 Å². The molecular weight excluding hydrogens is 186 g/mol. The minimum absolute atomic E-state index is 0.316. The molecule has 0 fully saturated rings. The van der Waals surface area contributed by atoms with Gasteiger partial charge in [0, 0.05) is 13.0 Å². The molecule has 1 unspecified atom stereocenters. The van der Waals surface area contributed by atoms with Gasteiger partial charge in [0.1, 0.15) is 6.61 Å². The molecule has 0 aliphatic rings. The monoisotopic (exact) mass is 211 g/mol. The van der Waals surface area contributed by atoms with E-state index in [0.29, 0.717) is 12.7 Å². The third-order valence-electron chi connectivity index (χ3n) is 2.49. The van der Waals surface area contributed by atoms with Crippen LogP contribution in [0.1, 0.15) is 40.5 Å². The summed E-state index contributed by atoms with van der Waals surface area (Å²) in [4.78, 5) is 2.41. The molecule has 0 aliphatic heterocycles. The predicted octanol–water partition coefficient (Wildman–Crippen LogP) is 2.54. The van der Waals surface area contributed by atoms with Crippen molar-refractivity contribution in [2.24, 2.45) is 0 Å². The first kappa shape index (κ1) is 14.5. The number of hydrogen-bond donors (Lipinski definition) is 0. The lowest BCUT2D eigenvalue weighted by molar-refractivity contribution is 0.0761. The topological polar surface area (TPSA) is 12.5 Å². The fourth-order valence-electron chi connectivity index (χ4n) is 1.35. The highest BCUT2D eigenvalue weighted by Crippen LogP contribution is 1.99. The fourth-order valence-corrected chi connectivity index (χ4v) is 1.35. The van der Waals surface area contributed by atoms with Crippen LogP contribution in [0.3, 0.4) is 0 Å². The van der Waals surface area contributed by atoms with Gasteiger partial charge in [-0.25, -0.2) is 0 Å². The highest BCUT2D eigenvalue weighted by atomic mass is 16.5. The third-order valence-corrected chi connectivity index (χ3v) is 2.49. The van der Waals surface area contributed by atoms with Gasteiger partial charge >= 0.3 is 0 Å². The average Bonchev–Trinajstić information content (AvgIpc) is 2.26. The molecule has 15 heavy (non-hydrogen) atoms. The molecule has 0 saturated heterocycles. The maximum atomic E-state index is 5.58. The molecule has 0 aromatic rings. The van der Waals surface area contributed by atoms with E-state index in [1.165, 1.54) is 0 Å². The Labute approximate surface area is 95.0 Å². The smallest absolute Gasteiger partial charge is 0.108 e. The summed E-state index contributed by atoms with van der Waals surface area (Å²) in [6.45, 7) is 12.5. The standard InChI is InChI=1S/C13H25NO/c1-5-8-9-12-15-13(4)10-11-14(6-2)7-3/h13H,5-7,10-12H2,1-4H3. The van der Waals surface area contributed by atoms with Gasteiger partial charge in [0.05, 0.1) is 6.10 Å². The number of nitrogens with zero attached hydrogens (tertiary/aromatic N) is 1. The van der Waals surface area contributed by atoms with Gasteiger partial charge in [0.15, 0.2) is 0 Å². The molecule has 0 radical (unpaired) electrons. The van der Waals surface area contributed by atoms with E-state index in [1.807, 2.05) is 0 Å². The van der Waals surface area contributed by atoms with Crippen molar-refractivity contribution in [2.75, 3.05) is 26.2 Å². The van der Waals surface area contributed by atoms with Crippen molar-refractivity contribution in [1.29, 1.82) is 0 Å². The van der Waals surface area contributed by atoms with E-state index in [4.69, 9.17) is 4.74 Å². The molecule has 2 nitrogen and oxygen atoms in total. The Morgan fingerprint density at radius 3 is 2.33 bits per heavy atom. The molecule has 0 aliphatic carbocycles. The molecule has 0 heterocycles. The lowest BCUT2D eigenvalue weighted by Crippen LogP contribution is -2.27. The fraction of sp³-hybridized carbons (Fsp3) is 0.846. The maximum Gasteiger partial charge on any atom is 0.108 e. The Kier molecular flexibility index (Phi) is 9.67. The Morgan fingerprint density at radius 2 is 1.80 bits per heavy atom. The van der Waals surface area contributed by atoms with Gasteiger partial charge in [-0.2, -0.15) is 0 Å². The van der Waals surface area contributed by atoms with Crippen LogP contribution in [0, 0.1) is 11.8 Å². The molecule has 0 aromatic carbocycles. The molecular formula is C13H25NO. The van der Waals surface area contributed by atoms with E-state index in [2.05, 4.69) is 44.4 Å². The highest BCUT2D eigenvalue weighted by Gasteiger charge is 2.04. The van der Waals surface area contributed by atoms with Gasteiger partial charge < -0.3 is 9.64 Å². The summed E-state index contributed by atoms with van der Waals surface area (Å²) in [6, 6.07) is 0. The highest BCUT2D eigenvalue weighted by molar-refractivity contribution is 4.97. The van der Waals surface area contributed by atoms with E-state index in [0.717, 1.165) is 32.5 Å². The molecule has 88 valence electrons. The van der Waals surface area contributed by atoms with E-state index in [1.54, 1.807) is 0 Å². The SMILES string of the molecule is CCC#CCOC(C)CCN(CC)CC. The van der Waals surface area contributed by atoms with Crippen LogP contribution in [-0.4, -0.2) is 37.2 Å². The number of hydrogen-bond acceptors (Lipinski definition) is 2. The Bertz CT molecular complexity index is 188. The minimum Gasteiger partial charge on any atom is -0.366 e. The summed E-state index contributed by atoms with van der Waals surface area (Å²) >= 11 is 0. The zero-order valence-electron chi connectivity index (χ0n) is 10.7. The Morgan fingerprint density at radius 1 is 1.13 bits per heavy atom. The second-order valence-corrected chi connectivity index (χ2v) is 3.64. The number of rotatable bonds is 7. The van der Waals surface area contributed by atoms with Crippen molar-refractivity contribution in [1.82, 2.24) is 4.90 Å². The zero-order valence-corrected chi connectivity index (χ0v) is 10.7. The first-order chi connectivity index (χ1) is 7.24. The molecule has 0 rings (SSSR count). The van der Waals surface area contributed by atoms with Crippen molar-refractivity contribution >= 4 is 0 Å². The number of ether oxygens (including phenoxy) is 1. The van der Waals surface area contributed by atoms with Crippen LogP contribution in [0.2, 0.25) is 0 Å². The molecule has 2 heteroatoms. The van der Waals surface area contributed by atoms with Gasteiger partial charge in [0.25, 0.3) is 0 Å². The van der Waals surface area contributed by atoms with E-state index >= 15 is 0 Å². The van der Waals surface area contributed by atoms with Crippen LogP contribution in [-0.2, 0) is 4.74 Å². The largest absolute Gasteiger partial charge is 0.366 e. The molecule has 0 aromatic heterocycles. The second-order valence-electron chi connectivity index (χ2n) is 3.64. The predicted molar refractivity (Wildman–Crippen MR) is 65.9 cm³/mol. The van der Waals surface area contributed by atoms with Crippen LogP contribution in [0.5, 0.6) is 0 Å². The lowest BCUT2D eigenvalue weighted by Gasteiger charge is -2.20. The van der Waals surface area contributed by atoms with Crippen molar-refractivity contribution in [3.05, 3.63) is 0 Å². The van der Waals surface area contributed by atoms with Gasteiger partial charge in [-0.3, -0.25) is 0 Å². The summed E-state index contributed by atoms with van der Waals surface area (Å²) in [5, 5.41) is 0. The van der Waals surface area contributed by atoms with Crippen LogP contribution >= 0.6 is 0 Å². The Balaban J connectivity index is 3.51. The van der Waals surface area contributed by atoms with Crippen molar-refractivity contribution in [2.45, 2.75) is 46.6 Å². The molecule has 0 spiro atoms. The van der Waals surface area contributed by atoms with Crippen LogP contribution in [0.25, 0.3) is 0 Å². The molecule has 0 saturated carbocycles. The van der Waals surface area contributed by atoms with Crippen molar-refractivity contribution < 1.29 is 4.74 Å².